The molecule has 1 unspecified atom stereocenters. The van der Waals surface area contributed by atoms with E-state index in [2.05, 4.69) is 15.6 Å². The molecule has 1 amide bonds. The van der Waals surface area contributed by atoms with Crippen LogP contribution in [-0.4, -0.2) is 32.0 Å². The average Bonchev–Trinajstić information content (AvgIpc) is 3.15. The van der Waals surface area contributed by atoms with Crippen molar-refractivity contribution in [2.45, 2.75) is 50.9 Å². The van der Waals surface area contributed by atoms with Gasteiger partial charge in [-0.3, -0.25) is 4.79 Å². The van der Waals surface area contributed by atoms with Gasteiger partial charge in [-0.1, -0.05) is 35.9 Å². The van der Waals surface area contributed by atoms with Crippen LogP contribution in [0.15, 0.2) is 48.5 Å². The molecule has 0 bridgehead atoms. The van der Waals surface area contributed by atoms with Gasteiger partial charge in [0.15, 0.2) is 0 Å². The average molecular weight is 472 g/mol. The molecule has 0 aliphatic heterocycles. The maximum atomic E-state index is 13.3. The Morgan fingerprint density at radius 2 is 1.76 bits per heavy atom. The molecule has 4 rings (SSSR count). The molecule has 178 valence electrons. The van der Waals surface area contributed by atoms with Crippen LogP contribution in [0.4, 0.5) is 13.2 Å². The van der Waals surface area contributed by atoms with Crippen molar-refractivity contribution in [3.8, 4) is 0 Å². The van der Waals surface area contributed by atoms with Crippen LogP contribution < -0.4 is 5.32 Å². The molecule has 1 aromatic heterocycles. The van der Waals surface area contributed by atoms with E-state index in [4.69, 9.17) is 5.11 Å². The van der Waals surface area contributed by atoms with Crippen LogP contribution in [0, 0.1) is 0 Å². The number of rotatable bonds is 7. The molecular weight excluding hydrogens is 449 g/mol. The number of carboxylic acids is 1. The summed E-state index contributed by atoms with van der Waals surface area (Å²) in [5.41, 5.74) is 1.57. The summed E-state index contributed by atoms with van der Waals surface area (Å²) in [6.45, 7) is 1.88. The molecule has 3 aromatic rings. The summed E-state index contributed by atoms with van der Waals surface area (Å²) >= 11 is 0. The van der Waals surface area contributed by atoms with Crippen molar-refractivity contribution in [1.29, 1.82) is 0 Å². The molecule has 7 nitrogen and oxygen atoms in total. The standard InChI is InChI=1S/C24H23F3N4O3/c1-14(16-7-9-18(10-8-16)23(33)34)28-22(32)21-20(17-3-2-4-17)29-30-31(21)13-15-5-11-19(12-6-15)24(25,26)27/h5-12,14,17H,2-4,13H2,1H3,(H,28,32)(H,33,34). The van der Waals surface area contributed by atoms with E-state index in [1.54, 1.807) is 19.1 Å². The summed E-state index contributed by atoms with van der Waals surface area (Å²) in [4.78, 5) is 24.3. The van der Waals surface area contributed by atoms with Crippen LogP contribution in [-0.2, 0) is 12.7 Å². The van der Waals surface area contributed by atoms with Crippen molar-refractivity contribution in [2.75, 3.05) is 0 Å². The highest BCUT2D eigenvalue weighted by Crippen LogP contribution is 2.37. The molecule has 1 fully saturated rings. The van der Waals surface area contributed by atoms with Gasteiger partial charge in [-0.2, -0.15) is 13.2 Å². The molecule has 1 heterocycles. The molecule has 1 aliphatic carbocycles. The first kappa shape index (κ1) is 23.5. The number of carboxylic acid groups (broad SMARTS) is 1. The molecule has 0 radical (unpaired) electrons. The smallest absolute Gasteiger partial charge is 0.416 e. The van der Waals surface area contributed by atoms with Crippen LogP contribution in [0.5, 0.6) is 0 Å². The number of nitrogens with one attached hydrogen (secondary N) is 1. The summed E-state index contributed by atoms with van der Waals surface area (Å²) < 4.78 is 40.0. The summed E-state index contributed by atoms with van der Waals surface area (Å²) in [5, 5.41) is 20.3. The third kappa shape index (κ3) is 4.95. The number of benzene rings is 2. The van der Waals surface area contributed by atoms with E-state index in [-0.39, 0.29) is 18.0 Å². The second kappa shape index (κ2) is 9.28. The number of carbonyl (C=O) groups is 2. The van der Waals surface area contributed by atoms with Gasteiger partial charge < -0.3 is 10.4 Å². The predicted molar refractivity (Wildman–Crippen MR) is 116 cm³/mol. The number of hydrogen-bond acceptors (Lipinski definition) is 4. The van der Waals surface area contributed by atoms with Crippen LogP contribution in [0.3, 0.4) is 0 Å². The lowest BCUT2D eigenvalue weighted by molar-refractivity contribution is -0.137. The van der Waals surface area contributed by atoms with E-state index >= 15 is 0 Å². The maximum absolute atomic E-state index is 13.3. The Bertz CT molecular complexity index is 1180. The Balaban J connectivity index is 1.56. The van der Waals surface area contributed by atoms with Crippen molar-refractivity contribution in [1.82, 2.24) is 20.3 Å². The minimum absolute atomic E-state index is 0.0995. The summed E-state index contributed by atoms with van der Waals surface area (Å²) in [6, 6.07) is 10.5. The highest BCUT2D eigenvalue weighted by Gasteiger charge is 2.32. The number of aromatic carboxylic acids is 1. The van der Waals surface area contributed by atoms with Crippen LogP contribution in [0.2, 0.25) is 0 Å². The van der Waals surface area contributed by atoms with Crippen molar-refractivity contribution in [3.05, 3.63) is 82.2 Å². The number of alkyl halides is 3. The highest BCUT2D eigenvalue weighted by molar-refractivity contribution is 5.94. The van der Waals surface area contributed by atoms with Crippen LogP contribution in [0.1, 0.15) is 81.4 Å². The van der Waals surface area contributed by atoms with E-state index < -0.39 is 29.7 Å². The molecule has 1 atom stereocenters. The molecule has 2 N–H and O–H groups in total. The quantitative estimate of drug-likeness (QED) is 0.515. The summed E-state index contributed by atoms with van der Waals surface area (Å²) in [5.74, 6) is -1.31. The third-order valence-corrected chi connectivity index (χ3v) is 6.09. The summed E-state index contributed by atoms with van der Waals surface area (Å²) in [7, 11) is 0. The van der Waals surface area contributed by atoms with Crippen LogP contribution in [0.25, 0.3) is 0 Å². The number of amides is 1. The Labute approximate surface area is 193 Å². The number of halogens is 3. The molecule has 10 heteroatoms. The lowest BCUT2D eigenvalue weighted by Crippen LogP contribution is -2.31. The monoisotopic (exact) mass is 472 g/mol. The fourth-order valence-corrected chi connectivity index (χ4v) is 3.86. The zero-order valence-corrected chi connectivity index (χ0v) is 18.3. The first-order valence-electron chi connectivity index (χ1n) is 10.9. The third-order valence-electron chi connectivity index (χ3n) is 6.09. The Morgan fingerprint density at radius 1 is 1.12 bits per heavy atom. The van der Waals surface area contributed by atoms with E-state index in [0.29, 0.717) is 17.0 Å². The lowest BCUT2D eigenvalue weighted by atomic mass is 9.82. The van der Waals surface area contributed by atoms with Gasteiger partial charge in [0.25, 0.3) is 5.91 Å². The SMILES string of the molecule is CC(NC(=O)c1c(C2CCC2)nnn1Cc1ccc(C(F)(F)F)cc1)c1ccc(C(=O)O)cc1. The number of aromatic nitrogens is 3. The van der Waals surface area contributed by atoms with E-state index in [1.165, 1.54) is 28.9 Å². The normalized spacial score (nSPS) is 14.9. The first-order chi connectivity index (χ1) is 16.1. The number of carbonyl (C=O) groups excluding carboxylic acids is 1. The molecule has 2 aromatic carbocycles. The molecule has 1 saturated carbocycles. The van der Waals surface area contributed by atoms with E-state index in [1.807, 2.05) is 0 Å². The topological polar surface area (TPSA) is 97.1 Å². The Hall–Kier alpha value is -3.69. The van der Waals surface area contributed by atoms with Gasteiger partial charge in [-0.05, 0) is 55.2 Å². The second-order valence-electron chi connectivity index (χ2n) is 8.43. The highest BCUT2D eigenvalue weighted by atomic mass is 19.4. The van der Waals surface area contributed by atoms with Crippen molar-refractivity contribution in [2.24, 2.45) is 0 Å². The molecule has 1 aliphatic rings. The van der Waals surface area contributed by atoms with Gasteiger partial charge in [0.05, 0.1) is 29.4 Å². The zero-order chi connectivity index (χ0) is 24.5. The van der Waals surface area contributed by atoms with Gasteiger partial charge >= 0.3 is 12.1 Å². The van der Waals surface area contributed by atoms with Crippen molar-refractivity contribution < 1.29 is 27.9 Å². The Morgan fingerprint density at radius 3 is 2.29 bits per heavy atom. The van der Waals surface area contributed by atoms with E-state index in [9.17, 15) is 22.8 Å². The Kier molecular flexibility index (Phi) is 6.41. The lowest BCUT2D eigenvalue weighted by Gasteiger charge is -2.24. The maximum Gasteiger partial charge on any atom is 0.416 e. The largest absolute Gasteiger partial charge is 0.478 e. The molecule has 0 spiro atoms. The van der Waals surface area contributed by atoms with Gasteiger partial charge in [0.2, 0.25) is 0 Å². The van der Waals surface area contributed by atoms with Crippen LogP contribution >= 0.6 is 0 Å². The van der Waals surface area contributed by atoms with Gasteiger partial charge in [-0.25, -0.2) is 9.48 Å². The fourth-order valence-electron chi connectivity index (χ4n) is 3.86. The van der Waals surface area contributed by atoms with Gasteiger partial charge in [0.1, 0.15) is 5.69 Å². The first-order valence-corrected chi connectivity index (χ1v) is 10.9. The minimum Gasteiger partial charge on any atom is -0.478 e. The molecular formula is C24H23F3N4O3. The predicted octanol–water partition coefficient (Wildman–Crippen LogP) is 4.80. The molecule has 34 heavy (non-hydrogen) atoms. The zero-order valence-electron chi connectivity index (χ0n) is 18.3. The number of nitrogens with zero attached hydrogens (tertiary/aromatic N) is 3. The minimum atomic E-state index is -4.42. The number of hydrogen-bond donors (Lipinski definition) is 2. The van der Waals surface area contributed by atoms with Crippen molar-refractivity contribution in [3.63, 3.8) is 0 Å². The van der Waals surface area contributed by atoms with Crippen molar-refractivity contribution >= 4 is 11.9 Å². The summed E-state index contributed by atoms with van der Waals surface area (Å²) in [6.07, 6.45) is -1.60. The van der Waals surface area contributed by atoms with Gasteiger partial charge in [-0.15, -0.1) is 5.10 Å². The second-order valence-corrected chi connectivity index (χ2v) is 8.43. The van der Waals surface area contributed by atoms with Gasteiger partial charge in [0, 0.05) is 5.92 Å². The van der Waals surface area contributed by atoms with E-state index in [0.717, 1.165) is 37.0 Å². The fraction of sp³-hybridized carbons (Fsp3) is 0.333. The molecule has 0 saturated heterocycles.